The first-order chi connectivity index (χ1) is 6.70. The molecule has 0 rings (SSSR count). The minimum atomic E-state index is -0.371. The van der Waals surface area contributed by atoms with E-state index >= 15 is 0 Å². The van der Waals surface area contributed by atoms with Gasteiger partial charge in [-0.15, -0.1) is 0 Å². The lowest BCUT2D eigenvalue weighted by Crippen LogP contribution is -2.33. The van der Waals surface area contributed by atoms with Crippen LogP contribution in [0.3, 0.4) is 0 Å². The van der Waals surface area contributed by atoms with E-state index in [1.54, 1.807) is 12.5 Å². The molecule has 0 saturated carbocycles. The zero-order chi connectivity index (χ0) is 10.8. The minimum Gasteiger partial charge on any atom is -0.341 e. The SMILES string of the molecule is CNC(=O)NCCCCCC(=O)NO. The Balaban J connectivity index is 3.14. The van der Waals surface area contributed by atoms with Gasteiger partial charge in [-0.3, -0.25) is 10.0 Å². The third-order valence-corrected chi connectivity index (χ3v) is 1.72. The van der Waals surface area contributed by atoms with Crippen molar-refractivity contribution in [2.45, 2.75) is 25.7 Å². The largest absolute Gasteiger partial charge is 0.341 e. The maximum absolute atomic E-state index is 10.7. The summed E-state index contributed by atoms with van der Waals surface area (Å²) in [5.74, 6) is -0.371. The average Bonchev–Trinajstić information content (AvgIpc) is 2.22. The van der Waals surface area contributed by atoms with Gasteiger partial charge in [-0.05, 0) is 12.8 Å². The number of urea groups is 1. The summed E-state index contributed by atoms with van der Waals surface area (Å²) in [7, 11) is 1.56. The molecule has 0 spiro atoms. The van der Waals surface area contributed by atoms with Crippen molar-refractivity contribution in [3.8, 4) is 0 Å². The van der Waals surface area contributed by atoms with E-state index in [1.807, 2.05) is 0 Å². The maximum atomic E-state index is 10.7. The van der Waals surface area contributed by atoms with Crippen LogP contribution in [0, 0.1) is 0 Å². The van der Waals surface area contributed by atoms with E-state index in [9.17, 15) is 9.59 Å². The van der Waals surface area contributed by atoms with Crippen molar-refractivity contribution >= 4 is 11.9 Å². The van der Waals surface area contributed by atoms with Crippen LogP contribution in [0.15, 0.2) is 0 Å². The number of rotatable bonds is 6. The Kier molecular flexibility index (Phi) is 7.53. The maximum Gasteiger partial charge on any atom is 0.314 e. The summed E-state index contributed by atoms with van der Waals surface area (Å²) in [6, 6.07) is -0.196. The highest BCUT2D eigenvalue weighted by atomic mass is 16.5. The van der Waals surface area contributed by atoms with E-state index in [1.165, 1.54) is 0 Å². The molecule has 6 nitrogen and oxygen atoms in total. The topological polar surface area (TPSA) is 90.5 Å². The molecule has 0 fully saturated rings. The third-order valence-electron chi connectivity index (χ3n) is 1.72. The molecule has 0 unspecified atom stereocenters. The van der Waals surface area contributed by atoms with Gasteiger partial charge in [0, 0.05) is 20.0 Å². The summed E-state index contributed by atoms with van der Waals surface area (Å²) in [4.78, 5) is 21.2. The third kappa shape index (κ3) is 7.35. The van der Waals surface area contributed by atoms with E-state index in [0.29, 0.717) is 19.4 Å². The molecule has 3 amide bonds. The Hall–Kier alpha value is -1.30. The van der Waals surface area contributed by atoms with Crippen molar-refractivity contribution in [1.29, 1.82) is 0 Å². The normalized spacial score (nSPS) is 9.29. The highest BCUT2D eigenvalue weighted by Crippen LogP contribution is 1.98. The van der Waals surface area contributed by atoms with Crippen molar-refractivity contribution in [1.82, 2.24) is 16.1 Å². The van der Waals surface area contributed by atoms with Crippen molar-refractivity contribution in [2.75, 3.05) is 13.6 Å². The van der Waals surface area contributed by atoms with Crippen LogP contribution >= 0.6 is 0 Å². The fourth-order valence-electron chi connectivity index (χ4n) is 0.934. The second kappa shape index (κ2) is 8.31. The van der Waals surface area contributed by atoms with Crippen molar-refractivity contribution in [3.63, 3.8) is 0 Å². The van der Waals surface area contributed by atoms with Gasteiger partial charge in [0.25, 0.3) is 0 Å². The van der Waals surface area contributed by atoms with Crippen molar-refractivity contribution < 1.29 is 14.8 Å². The molecule has 0 aromatic rings. The Bertz CT molecular complexity index is 165. The number of amides is 3. The van der Waals surface area contributed by atoms with Crippen LogP contribution < -0.4 is 16.1 Å². The van der Waals surface area contributed by atoms with Crippen molar-refractivity contribution in [3.05, 3.63) is 0 Å². The first kappa shape index (κ1) is 12.7. The molecule has 0 saturated heterocycles. The van der Waals surface area contributed by atoms with Gasteiger partial charge < -0.3 is 10.6 Å². The van der Waals surface area contributed by atoms with E-state index < -0.39 is 0 Å². The molecule has 0 aliphatic rings. The van der Waals surface area contributed by atoms with Gasteiger partial charge in [-0.2, -0.15) is 0 Å². The molecule has 0 heterocycles. The Labute approximate surface area is 83.0 Å². The Morgan fingerprint density at radius 2 is 1.93 bits per heavy atom. The van der Waals surface area contributed by atoms with Gasteiger partial charge >= 0.3 is 6.03 Å². The van der Waals surface area contributed by atoms with Crippen molar-refractivity contribution in [2.24, 2.45) is 0 Å². The van der Waals surface area contributed by atoms with E-state index in [2.05, 4.69) is 10.6 Å². The molecular weight excluding hydrogens is 186 g/mol. The fourth-order valence-corrected chi connectivity index (χ4v) is 0.934. The average molecular weight is 203 g/mol. The minimum absolute atomic E-state index is 0.196. The second-order valence-corrected chi connectivity index (χ2v) is 2.85. The highest BCUT2D eigenvalue weighted by molar-refractivity contribution is 5.74. The fraction of sp³-hybridized carbons (Fsp3) is 0.750. The predicted octanol–water partition coefficient (Wildman–Crippen LogP) is -0.0188. The molecule has 0 radical (unpaired) electrons. The smallest absolute Gasteiger partial charge is 0.314 e. The van der Waals surface area contributed by atoms with E-state index in [0.717, 1.165) is 12.8 Å². The van der Waals surface area contributed by atoms with Gasteiger partial charge in [-0.1, -0.05) is 6.42 Å². The molecular formula is C8H17N3O3. The lowest BCUT2D eigenvalue weighted by molar-refractivity contribution is -0.129. The van der Waals surface area contributed by atoms with Crippen LogP contribution in [0.4, 0.5) is 4.79 Å². The predicted molar refractivity (Wildman–Crippen MR) is 50.9 cm³/mol. The van der Waals surface area contributed by atoms with Gasteiger partial charge in [0.1, 0.15) is 0 Å². The molecule has 6 heteroatoms. The Morgan fingerprint density at radius 1 is 1.21 bits per heavy atom. The number of carbonyl (C=O) groups is 2. The monoisotopic (exact) mass is 203 g/mol. The quantitative estimate of drug-likeness (QED) is 0.278. The number of nitrogens with one attached hydrogen (secondary N) is 3. The van der Waals surface area contributed by atoms with E-state index in [-0.39, 0.29) is 11.9 Å². The summed E-state index contributed by atoms with van der Waals surface area (Å²) in [6.07, 6.45) is 2.70. The molecule has 0 bridgehead atoms. The first-order valence-corrected chi connectivity index (χ1v) is 4.59. The lowest BCUT2D eigenvalue weighted by Gasteiger charge is -2.03. The number of hydrogen-bond acceptors (Lipinski definition) is 3. The standard InChI is InChI=1S/C8H17N3O3/c1-9-8(13)10-6-4-2-3-5-7(12)11-14/h14H,2-6H2,1H3,(H,11,12)(H2,9,10,13). The number of hydrogen-bond donors (Lipinski definition) is 4. The number of carbonyl (C=O) groups excluding carboxylic acids is 2. The highest BCUT2D eigenvalue weighted by Gasteiger charge is 1.98. The molecule has 82 valence electrons. The molecule has 0 aliphatic heterocycles. The molecule has 14 heavy (non-hydrogen) atoms. The second-order valence-electron chi connectivity index (χ2n) is 2.85. The lowest BCUT2D eigenvalue weighted by atomic mass is 10.2. The van der Waals surface area contributed by atoms with Crippen LogP contribution in [-0.4, -0.2) is 30.7 Å². The Morgan fingerprint density at radius 3 is 2.50 bits per heavy atom. The van der Waals surface area contributed by atoms with Gasteiger partial charge in [-0.25, -0.2) is 10.3 Å². The van der Waals surface area contributed by atoms with Gasteiger partial charge in [0.15, 0.2) is 0 Å². The van der Waals surface area contributed by atoms with Crippen LogP contribution in [0.25, 0.3) is 0 Å². The molecule has 4 N–H and O–H groups in total. The summed E-state index contributed by atoms with van der Waals surface area (Å²) in [5, 5.41) is 13.2. The zero-order valence-corrected chi connectivity index (χ0v) is 8.30. The van der Waals surface area contributed by atoms with Gasteiger partial charge in [0.05, 0.1) is 0 Å². The van der Waals surface area contributed by atoms with Crippen LogP contribution in [0.2, 0.25) is 0 Å². The van der Waals surface area contributed by atoms with Gasteiger partial charge in [0.2, 0.25) is 5.91 Å². The summed E-state index contributed by atoms with van der Waals surface area (Å²) in [6.45, 7) is 0.598. The molecule has 0 aromatic carbocycles. The summed E-state index contributed by atoms with van der Waals surface area (Å²) in [5.41, 5.74) is 1.56. The molecule has 0 atom stereocenters. The van der Waals surface area contributed by atoms with E-state index in [4.69, 9.17) is 5.21 Å². The molecule has 0 aliphatic carbocycles. The molecule has 0 aromatic heterocycles. The van der Waals surface area contributed by atoms with Crippen LogP contribution in [0.5, 0.6) is 0 Å². The van der Waals surface area contributed by atoms with Crippen LogP contribution in [0.1, 0.15) is 25.7 Å². The number of unbranched alkanes of at least 4 members (excludes halogenated alkanes) is 2. The zero-order valence-electron chi connectivity index (χ0n) is 8.30. The van der Waals surface area contributed by atoms with Crippen LogP contribution in [-0.2, 0) is 4.79 Å². The number of hydroxylamine groups is 1. The summed E-state index contributed by atoms with van der Waals surface area (Å²) < 4.78 is 0. The summed E-state index contributed by atoms with van der Waals surface area (Å²) >= 11 is 0. The first-order valence-electron chi connectivity index (χ1n) is 4.59.